The number of rotatable bonds is 5. The minimum Gasteiger partial charge on any atom is -0.464 e. The van der Waals surface area contributed by atoms with E-state index in [2.05, 4.69) is 21.2 Å². The largest absolute Gasteiger partial charge is 0.464 e. The van der Waals surface area contributed by atoms with Crippen molar-refractivity contribution < 1.29 is 13.9 Å². The average molecular weight is 352 g/mol. The number of anilines is 1. The summed E-state index contributed by atoms with van der Waals surface area (Å²) in [5, 5.41) is 3.08. The Bertz CT molecular complexity index is 633. The van der Waals surface area contributed by atoms with Gasteiger partial charge in [0.2, 0.25) is 0 Å². The standard InChI is InChI=1S/C16H15BrFNO2/c1-2-21-16(20)15(11-5-3-7-13(18)9-11)19-14-8-4-6-12(17)10-14/h3-10,15,19H,2H2,1H3. The highest BCUT2D eigenvalue weighted by atomic mass is 79.9. The van der Waals surface area contributed by atoms with Crippen LogP contribution in [0.1, 0.15) is 18.5 Å². The Morgan fingerprint density at radius 2 is 2.05 bits per heavy atom. The zero-order valence-corrected chi connectivity index (χ0v) is 13.1. The van der Waals surface area contributed by atoms with Crippen LogP contribution in [-0.4, -0.2) is 12.6 Å². The van der Waals surface area contributed by atoms with Crippen LogP contribution >= 0.6 is 15.9 Å². The molecule has 0 aliphatic rings. The highest BCUT2D eigenvalue weighted by Crippen LogP contribution is 2.24. The van der Waals surface area contributed by atoms with E-state index in [-0.39, 0.29) is 6.61 Å². The molecule has 2 aromatic rings. The molecule has 2 rings (SSSR count). The lowest BCUT2D eigenvalue weighted by Gasteiger charge is -2.19. The molecule has 0 radical (unpaired) electrons. The quantitative estimate of drug-likeness (QED) is 0.816. The fourth-order valence-electron chi connectivity index (χ4n) is 1.94. The van der Waals surface area contributed by atoms with Crippen LogP contribution in [0.4, 0.5) is 10.1 Å². The average Bonchev–Trinajstić information content (AvgIpc) is 2.45. The predicted molar refractivity (Wildman–Crippen MR) is 83.5 cm³/mol. The smallest absolute Gasteiger partial charge is 0.333 e. The van der Waals surface area contributed by atoms with Gasteiger partial charge in [-0.2, -0.15) is 0 Å². The molecule has 0 heterocycles. The normalized spacial score (nSPS) is 11.8. The monoisotopic (exact) mass is 351 g/mol. The maximum absolute atomic E-state index is 13.4. The third-order valence-electron chi connectivity index (χ3n) is 2.84. The lowest BCUT2D eigenvalue weighted by molar-refractivity contribution is -0.144. The van der Waals surface area contributed by atoms with Crippen LogP contribution in [0.2, 0.25) is 0 Å². The first-order chi connectivity index (χ1) is 10.1. The van der Waals surface area contributed by atoms with E-state index in [9.17, 15) is 9.18 Å². The summed E-state index contributed by atoms with van der Waals surface area (Å²) in [6, 6.07) is 12.6. The molecule has 0 saturated carbocycles. The minimum atomic E-state index is -0.755. The van der Waals surface area contributed by atoms with Crippen molar-refractivity contribution in [2.24, 2.45) is 0 Å². The number of benzene rings is 2. The van der Waals surface area contributed by atoms with Gasteiger partial charge >= 0.3 is 5.97 Å². The van der Waals surface area contributed by atoms with Crippen LogP contribution in [0.5, 0.6) is 0 Å². The summed E-state index contributed by atoms with van der Waals surface area (Å²) in [4.78, 5) is 12.1. The number of carbonyl (C=O) groups excluding carboxylic acids is 1. The Morgan fingerprint density at radius 1 is 1.29 bits per heavy atom. The van der Waals surface area contributed by atoms with Crippen molar-refractivity contribution in [3.8, 4) is 0 Å². The number of carbonyl (C=O) groups is 1. The van der Waals surface area contributed by atoms with E-state index in [4.69, 9.17) is 4.74 Å². The summed E-state index contributed by atoms with van der Waals surface area (Å²) in [5.41, 5.74) is 1.26. The van der Waals surface area contributed by atoms with E-state index in [1.807, 2.05) is 24.3 Å². The van der Waals surface area contributed by atoms with Crippen molar-refractivity contribution in [2.45, 2.75) is 13.0 Å². The van der Waals surface area contributed by atoms with Gasteiger partial charge in [-0.3, -0.25) is 0 Å². The molecule has 0 spiro atoms. The Hall–Kier alpha value is -1.88. The second-order valence-electron chi connectivity index (χ2n) is 4.39. The molecule has 0 aliphatic carbocycles. The van der Waals surface area contributed by atoms with Crippen LogP contribution in [-0.2, 0) is 9.53 Å². The fourth-order valence-corrected chi connectivity index (χ4v) is 2.33. The molecule has 0 saturated heterocycles. The second kappa shape index (κ2) is 7.22. The van der Waals surface area contributed by atoms with Crippen molar-refractivity contribution in [1.29, 1.82) is 0 Å². The molecular formula is C16H15BrFNO2. The van der Waals surface area contributed by atoms with Gasteiger partial charge in [0.05, 0.1) is 6.61 Å². The Labute approximate surface area is 131 Å². The van der Waals surface area contributed by atoms with Crippen LogP contribution < -0.4 is 5.32 Å². The minimum absolute atomic E-state index is 0.269. The molecule has 110 valence electrons. The van der Waals surface area contributed by atoms with Crippen molar-refractivity contribution in [2.75, 3.05) is 11.9 Å². The van der Waals surface area contributed by atoms with Gasteiger partial charge in [0, 0.05) is 10.2 Å². The second-order valence-corrected chi connectivity index (χ2v) is 5.31. The van der Waals surface area contributed by atoms with Gasteiger partial charge in [0.15, 0.2) is 6.04 Å². The number of esters is 1. The maximum Gasteiger partial charge on any atom is 0.333 e. The SMILES string of the molecule is CCOC(=O)C(Nc1cccc(Br)c1)c1cccc(F)c1. The number of hydrogen-bond acceptors (Lipinski definition) is 3. The zero-order chi connectivity index (χ0) is 15.2. The number of halogens is 2. The molecule has 0 aromatic heterocycles. The summed E-state index contributed by atoms with van der Waals surface area (Å²) < 4.78 is 19.3. The fraction of sp³-hybridized carbons (Fsp3) is 0.188. The van der Waals surface area contributed by atoms with Gasteiger partial charge in [-0.25, -0.2) is 9.18 Å². The maximum atomic E-state index is 13.4. The van der Waals surface area contributed by atoms with E-state index in [1.54, 1.807) is 19.1 Å². The van der Waals surface area contributed by atoms with Gasteiger partial charge in [-0.15, -0.1) is 0 Å². The topological polar surface area (TPSA) is 38.3 Å². The van der Waals surface area contributed by atoms with E-state index in [0.29, 0.717) is 5.56 Å². The van der Waals surface area contributed by atoms with E-state index >= 15 is 0 Å². The molecule has 3 nitrogen and oxygen atoms in total. The van der Waals surface area contributed by atoms with Gasteiger partial charge in [0.25, 0.3) is 0 Å². The zero-order valence-electron chi connectivity index (χ0n) is 11.5. The number of ether oxygens (including phenoxy) is 1. The molecular weight excluding hydrogens is 337 g/mol. The predicted octanol–water partition coefficient (Wildman–Crippen LogP) is 4.30. The van der Waals surface area contributed by atoms with Crippen molar-refractivity contribution in [1.82, 2.24) is 0 Å². The third kappa shape index (κ3) is 4.29. The van der Waals surface area contributed by atoms with Gasteiger partial charge < -0.3 is 10.1 Å². The molecule has 0 bridgehead atoms. The molecule has 2 aromatic carbocycles. The van der Waals surface area contributed by atoms with Gasteiger partial charge in [-0.1, -0.05) is 34.1 Å². The van der Waals surface area contributed by atoms with Crippen molar-refractivity contribution in [3.05, 3.63) is 64.4 Å². The third-order valence-corrected chi connectivity index (χ3v) is 3.33. The van der Waals surface area contributed by atoms with Crippen molar-refractivity contribution >= 4 is 27.6 Å². The van der Waals surface area contributed by atoms with Gasteiger partial charge in [-0.05, 0) is 42.8 Å². The molecule has 0 amide bonds. The lowest BCUT2D eigenvalue weighted by atomic mass is 10.1. The molecule has 5 heteroatoms. The number of hydrogen-bond donors (Lipinski definition) is 1. The van der Waals surface area contributed by atoms with E-state index in [1.165, 1.54) is 12.1 Å². The first-order valence-corrected chi connectivity index (χ1v) is 7.33. The van der Waals surface area contributed by atoms with Gasteiger partial charge in [0.1, 0.15) is 5.82 Å². The van der Waals surface area contributed by atoms with Crippen LogP contribution in [0, 0.1) is 5.82 Å². The highest BCUT2D eigenvalue weighted by Gasteiger charge is 2.22. The van der Waals surface area contributed by atoms with Crippen LogP contribution in [0.15, 0.2) is 53.0 Å². The summed E-state index contributed by atoms with van der Waals surface area (Å²) in [6.07, 6.45) is 0. The first kappa shape index (κ1) is 15.5. The highest BCUT2D eigenvalue weighted by molar-refractivity contribution is 9.10. The molecule has 0 aliphatic heterocycles. The number of nitrogens with one attached hydrogen (secondary N) is 1. The van der Waals surface area contributed by atoms with Crippen molar-refractivity contribution in [3.63, 3.8) is 0 Å². The van der Waals surface area contributed by atoms with E-state index < -0.39 is 17.8 Å². The van der Waals surface area contributed by atoms with E-state index in [0.717, 1.165) is 10.2 Å². The Kier molecular flexibility index (Phi) is 5.33. The summed E-state index contributed by atoms with van der Waals surface area (Å²) in [5.74, 6) is -0.832. The molecule has 1 N–H and O–H groups in total. The lowest BCUT2D eigenvalue weighted by Crippen LogP contribution is -2.23. The molecule has 0 fully saturated rings. The van der Waals surface area contributed by atoms with Crippen LogP contribution in [0.25, 0.3) is 0 Å². The molecule has 21 heavy (non-hydrogen) atoms. The Morgan fingerprint density at radius 3 is 2.71 bits per heavy atom. The Balaban J connectivity index is 2.30. The molecule has 1 unspecified atom stereocenters. The summed E-state index contributed by atoms with van der Waals surface area (Å²) in [6.45, 7) is 2.00. The van der Waals surface area contributed by atoms with Crippen LogP contribution in [0.3, 0.4) is 0 Å². The first-order valence-electron chi connectivity index (χ1n) is 6.54. The summed E-state index contributed by atoms with van der Waals surface area (Å²) in [7, 11) is 0. The molecule has 1 atom stereocenters. The summed E-state index contributed by atoms with van der Waals surface area (Å²) >= 11 is 3.37.